The van der Waals surface area contributed by atoms with E-state index in [4.69, 9.17) is 19.2 Å². The minimum atomic E-state index is -4.60. The van der Waals surface area contributed by atoms with Gasteiger partial charge in [0, 0.05) is 86.6 Å². The van der Waals surface area contributed by atoms with Crippen molar-refractivity contribution in [2.24, 2.45) is 11.3 Å². The zero-order chi connectivity index (χ0) is 49.0. The maximum absolute atomic E-state index is 14.6. The summed E-state index contributed by atoms with van der Waals surface area (Å²) >= 11 is 0. The number of carbonyl (C=O) groups is 1. The molecule has 3 atom stereocenters. The number of aromatic amines is 1. The van der Waals surface area contributed by atoms with Gasteiger partial charge in [0.15, 0.2) is 0 Å². The second-order valence-electron chi connectivity index (χ2n) is 20.5. The molecule has 0 unspecified atom stereocenters. The van der Waals surface area contributed by atoms with Crippen molar-refractivity contribution in [3.63, 3.8) is 0 Å². The molecular weight excluding hydrogens is 935 g/mol. The van der Waals surface area contributed by atoms with Gasteiger partial charge in [0.25, 0.3) is 21.6 Å². The monoisotopic (exact) mass is 993 g/mol. The number of pyridine rings is 2. The van der Waals surface area contributed by atoms with Gasteiger partial charge in [-0.3, -0.25) is 24.8 Å². The molecule has 18 heteroatoms. The topological polar surface area (TPSA) is 197 Å². The van der Waals surface area contributed by atoms with Crippen molar-refractivity contribution in [1.82, 2.24) is 24.6 Å². The molecule has 374 valence electrons. The minimum absolute atomic E-state index is 0.108. The number of hydrogen-bond donors (Lipinski definition) is 3. The molecule has 17 nitrogen and oxygen atoms in total. The van der Waals surface area contributed by atoms with Crippen LogP contribution >= 0.6 is 0 Å². The van der Waals surface area contributed by atoms with Crippen LogP contribution in [0.2, 0.25) is 0 Å². The van der Waals surface area contributed by atoms with Crippen molar-refractivity contribution in [3.05, 3.63) is 136 Å². The van der Waals surface area contributed by atoms with Gasteiger partial charge in [-0.1, -0.05) is 30.3 Å². The molecule has 72 heavy (non-hydrogen) atoms. The number of H-pyrrole nitrogens is 1. The lowest BCUT2D eigenvalue weighted by molar-refractivity contribution is -0.384. The number of hydrogen-bond acceptors (Lipinski definition) is 14. The number of ether oxygens (including phenoxy) is 3. The molecule has 3 N–H and O–H groups in total. The van der Waals surface area contributed by atoms with Crippen molar-refractivity contribution in [1.29, 1.82) is 0 Å². The molecule has 4 saturated heterocycles. The van der Waals surface area contributed by atoms with Crippen LogP contribution in [0.15, 0.2) is 108 Å². The quantitative estimate of drug-likeness (QED) is 0.0738. The third kappa shape index (κ3) is 8.92. The number of nitrogens with one attached hydrogen (secondary N) is 3. The highest BCUT2D eigenvalue weighted by Crippen LogP contribution is 2.54. The fraction of sp³-hybridized carbons (Fsp3) is 0.426. The summed E-state index contributed by atoms with van der Waals surface area (Å²) in [6.07, 6.45) is 12.5. The molecule has 3 aromatic carbocycles. The number of carbonyl (C=O) groups excluding carboxylic acids is 1. The number of piperidine rings is 1. The Morgan fingerprint density at radius 3 is 2.56 bits per heavy atom. The van der Waals surface area contributed by atoms with Gasteiger partial charge in [0.2, 0.25) is 5.88 Å². The van der Waals surface area contributed by atoms with Gasteiger partial charge in [-0.25, -0.2) is 13.1 Å². The minimum Gasteiger partial charge on any atom is -0.468 e. The van der Waals surface area contributed by atoms with Gasteiger partial charge in [-0.15, -0.1) is 0 Å². The van der Waals surface area contributed by atoms with E-state index in [1.807, 2.05) is 47.6 Å². The van der Waals surface area contributed by atoms with E-state index in [0.29, 0.717) is 68.0 Å². The van der Waals surface area contributed by atoms with Crippen molar-refractivity contribution in [3.8, 4) is 5.88 Å². The Kier molecular flexibility index (Phi) is 12.3. The van der Waals surface area contributed by atoms with Gasteiger partial charge >= 0.3 is 0 Å². The predicted molar refractivity (Wildman–Crippen MR) is 273 cm³/mol. The Bertz CT molecular complexity index is 3110. The van der Waals surface area contributed by atoms with Crippen LogP contribution in [0, 0.1) is 21.4 Å². The molecule has 5 fully saturated rings. The van der Waals surface area contributed by atoms with Gasteiger partial charge < -0.3 is 34.3 Å². The first-order valence-corrected chi connectivity index (χ1v) is 26.9. The molecule has 1 saturated carbocycles. The van der Waals surface area contributed by atoms with Crippen LogP contribution in [0.4, 0.5) is 28.4 Å². The van der Waals surface area contributed by atoms with Crippen LogP contribution in [0.3, 0.4) is 0 Å². The lowest BCUT2D eigenvalue weighted by Crippen LogP contribution is -2.55. The first-order valence-electron chi connectivity index (χ1n) is 25.4. The van der Waals surface area contributed by atoms with Crippen LogP contribution in [0.1, 0.15) is 84.6 Å². The van der Waals surface area contributed by atoms with Crippen LogP contribution < -0.4 is 24.6 Å². The Morgan fingerprint density at radius 1 is 0.903 bits per heavy atom. The van der Waals surface area contributed by atoms with Crippen molar-refractivity contribution in [2.45, 2.75) is 86.9 Å². The summed E-state index contributed by atoms with van der Waals surface area (Å²) in [4.78, 5) is 45.7. The molecule has 12 rings (SSSR count). The SMILES string of the molecule is O=C(NS(=O)(=O)c1ccc(NCC2CCOCC2)c([N+](=O)[O-])c1)c1ccc(N2CCC3(CC2)CC(N2CCC[C@H]2c2ccccc2Cc2ccccn2)C3)cc1N1c2cc3cc[nH]c3nc2O[C@@H]2COC[C@H]21. The van der Waals surface area contributed by atoms with E-state index in [9.17, 15) is 23.3 Å². The number of rotatable bonds is 13. The van der Waals surface area contributed by atoms with E-state index in [2.05, 4.69) is 66.2 Å². The molecule has 1 amide bonds. The Labute approximate surface area is 418 Å². The smallest absolute Gasteiger partial charge is 0.293 e. The fourth-order valence-electron chi connectivity index (χ4n) is 12.3. The molecule has 3 aromatic heterocycles. The lowest BCUT2D eigenvalue weighted by atomic mass is 9.59. The number of benzene rings is 3. The van der Waals surface area contributed by atoms with Crippen molar-refractivity contribution in [2.75, 3.05) is 67.7 Å². The van der Waals surface area contributed by atoms with Gasteiger partial charge in [-0.05, 0) is 135 Å². The summed E-state index contributed by atoms with van der Waals surface area (Å²) in [5.74, 6) is -0.238. The van der Waals surface area contributed by atoms with E-state index in [0.717, 1.165) is 81.0 Å². The summed E-state index contributed by atoms with van der Waals surface area (Å²) in [6.45, 7) is 5.13. The molecule has 1 aliphatic carbocycles. The van der Waals surface area contributed by atoms with E-state index in [-0.39, 0.29) is 28.6 Å². The molecule has 6 aliphatic rings. The van der Waals surface area contributed by atoms with Crippen molar-refractivity contribution >= 4 is 55.4 Å². The highest BCUT2D eigenvalue weighted by molar-refractivity contribution is 7.90. The van der Waals surface area contributed by atoms with Crippen LogP contribution in [0.5, 0.6) is 5.88 Å². The maximum Gasteiger partial charge on any atom is 0.293 e. The summed E-state index contributed by atoms with van der Waals surface area (Å²) in [6, 6.07) is 28.8. The van der Waals surface area contributed by atoms with Gasteiger partial charge in [-0.2, -0.15) is 4.98 Å². The third-order valence-electron chi connectivity index (χ3n) is 16.2. The highest BCUT2D eigenvalue weighted by atomic mass is 32.2. The summed E-state index contributed by atoms with van der Waals surface area (Å²) in [5, 5.41) is 16.3. The normalized spacial score (nSPS) is 22.3. The molecule has 5 aliphatic heterocycles. The third-order valence-corrected chi connectivity index (χ3v) is 17.6. The van der Waals surface area contributed by atoms with E-state index in [1.165, 1.54) is 42.5 Å². The standard InChI is InChI=1S/C54H59N9O8S/c64-52(59-72(67,68)41-11-13-44(47(29-41)63(65)66)57-32-35-15-24-69-25-16-35)43-12-10-39(28-46(43)62-48-27-37-14-20-56-51(37)58-53(48)71-50-34-70-33-49(50)62)60-22-17-54(18-23-60)30-40(31-54)61-21-5-9-45(61)42-8-2-1-6-36(42)26-38-7-3-4-19-55-38/h1-4,6-8,10-14,19-20,27-29,35,40,45,49-50,57H,5,9,15-18,21-26,30-34H2,(H,56,58)(H,59,64)/t45-,49+,50+/m0/s1. The van der Waals surface area contributed by atoms with E-state index < -0.39 is 37.5 Å². The number of nitrogens with zero attached hydrogens (tertiary/aromatic N) is 6. The molecule has 8 heterocycles. The summed E-state index contributed by atoms with van der Waals surface area (Å²) < 4.78 is 48.4. The van der Waals surface area contributed by atoms with Crippen LogP contribution in [0.25, 0.3) is 11.0 Å². The lowest BCUT2D eigenvalue weighted by Gasteiger charge is -2.56. The Hall–Kier alpha value is -6.60. The average Bonchev–Trinajstić information content (AvgIpc) is 4.19. The molecular formula is C54H59N9O8S. The molecule has 0 radical (unpaired) electrons. The first-order chi connectivity index (χ1) is 35.1. The van der Waals surface area contributed by atoms with Gasteiger partial charge in [0.05, 0.1) is 40.3 Å². The Balaban J connectivity index is 0.801. The Morgan fingerprint density at radius 2 is 1.74 bits per heavy atom. The average molecular weight is 994 g/mol. The zero-order valence-corrected chi connectivity index (χ0v) is 40.9. The van der Waals surface area contributed by atoms with Crippen LogP contribution in [-0.4, -0.2) is 110 Å². The van der Waals surface area contributed by atoms with Gasteiger partial charge in [0.1, 0.15) is 23.1 Å². The zero-order valence-electron chi connectivity index (χ0n) is 40.1. The number of nitro groups is 1. The fourth-order valence-corrected chi connectivity index (χ4v) is 13.3. The second kappa shape index (κ2) is 19.1. The highest BCUT2D eigenvalue weighted by Gasteiger charge is 2.50. The number of sulfonamides is 1. The largest absolute Gasteiger partial charge is 0.468 e. The number of nitro benzene ring substituents is 1. The summed E-state index contributed by atoms with van der Waals surface area (Å²) in [5.41, 5.74) is 6.72. The van der Waals surface area contributed by atoms with Crippen LogP contribution in [-0.2, 0) is 25.9 Å². The molecule has 1 spiro atoms. The van der Waals surface area contributed by atoms with Crippen molar-refractivity contribution < 1.29 is 32.3 Å². The second-order valence-corrected chi connectivity index (χ2v) is 22.2. The molecule has 6 aromatic rings. The number of fused-ring (bicyclic) bond motifs is 3. The number of aromatic nitrogens is 3. The predicted octanol–water partition coefficient (Wildman–Crippen LogP) is 8.30. The number of anilines is 4. The first kappa shape index (κ1) is 46.5. The number of likely N-dealkylation sites (tertiary alicyclic amines) is 1. The number of amides is 1. The summed E-state index contributed by atoms with van der Waals surface area (Å²) in [7, 11) is -4.60. The van der Waals surface area contributed by atoms with E-state index in [1.54, 1.807) is 6.07 Å². The van der Waals surface area contributed by atoms with E-state index >= 15 is 0 Å². The maximum atomic E-state index is 14.6. The molecule has 0 bridgehead atoms.